The van der Waals surface area contributed by atoms with Gasteiger partial charge in [0, 0.05) is 6.54 Å². The molecule has 0 atom stereocenters. The number of carbonyl (C=O) groups is 2. The molecule has 1 aromatic rings. The molecule has 6 heteroatoms. The van der Waals surface area contributed by atoms with Crippen LogP contribution in [0, 0.1) is 6.92 Å². The number of pyridine rings is 1. The van der Waals surface area contributed by atoms with Crippen LogP contribution in [0.1, 0.15) is 65.1 Å². The summed E-state index contributed by atoms with van der Waals surface area (Å²) in [6.07, 6.45) is 7.52. The number of carboxylic acid groups (broad SMARTS) is 1. The molecule has 1 fully saturated rings. The molecule has 1 aromatic heterocycles. The summed E-state index contributed by atoms with van der Waals surface area (Å²) in [5.41, 5.74) is 0.667. The predicted octanol–water partition coefficient (Wildman–Crippen LogP) is 2.56. The summed E-state index contributed by atoms with van der Waals surface area (Å²) in [7, 11) is 0. The highest BCUT2D eigenvalue weighted by molar-refractivity contribution is 5.94. The van der Waals surface area contributed by atoms with Crippen molar-refractivity contribution in [1.29, 1.82) is 0 Å². The molecule has 1 aliphatic carbocycles. The Morgan fingerprint density at radius 3 is 2.57 bits per heavy atom. The number of ether oxygens (including phenoxy) is 1. The lowest BCUT2D eigenvalue weighted by atomic mass is 10.1. The van der Waals surface area contributed by atoms with Gasteiger partial charge in [-0.15, -0.1) is 0 Å². The maximum atomic E-state index is 12.0. The second-order valence-electron chi connectivity index (χ2n) is 5.87. The van der Waals surface area contributed by atoms with Gasteiger partial charge in [-0.3, -0.25) is 4.79 Å². The largest absolute Gasteiger partial charge is 0.478 e. The number of aromatic carboxylic acids is 1. The maximum absolute atomic E-state index is 12.0. The van der Waals surface area contributed by atoms with E-state index in [1.165, 1.54) is 37.8 Å². The molecule has 0 radical (unpaired) electrons. The normalized spacial score (nSPS) is 15.9. The molecule has 0 saturated heterocycles. The average Bonchev–Trinajstić information content (AvgIpc) is 2.79. The van der Waals surface area contributed by atoms with Crippen LogP contribution in [0.3, 0.4) is 0 Å². The summed E-state index contributed by atoms with van der Waals surface area (Å²) in [6.45, 7) is 2.49. The van der Waals surface area contributed by atoms with Crippen molar-refractivity contribution in [1.82, 2.24) is 10.3 Å². The van der Waals surface area contributed by atoms with Gasteiger partial charge in [0.2, 0.25) is 0 Å². The minimum Gasteiger partial charge on any atom is -0.478 e. The van der Waals surface area contributed by atoms with Gasteiger partial charge < -0.3 is 15.2 Å². The zero-order valence-electron chi connectivity index (χ0n) is 13.5. The molecule has 126 valence electrons. The van der Waals surface area contributed by atoms with E-state index in [0.29, 0.717) is 24.9 Å². The lowest BCUT2D eigenvalue weighted by Gasteiger charge is -2.15. The first-order chi connectivity index (χ1) is 11.1. The summed E-state index contributed by atoms with van der Waals surface area (Å²) < 4.78 is 5.81. The molecule has 0 aromatic carbocycles. The highest BCUT2D eigenvalue weighted by Crippen LogP contribution is 2.19. The van der Waals surface area contributed by atoms with Gasteiger partial charge in [-0.25, -0.2) is 9.78 Å². The number of hydrogen-bond donors (Lipinski definition) is 2. The Kier molecular flexibility index (Phi) is 6.52. The Hall–Kier alpha value is -1.95. The molecule has 23 heavy (non-hydrogen) atoms. The molecule has 0 unspecified atom stereocenters. The number of nitrogens with one attached hydrogen (secondary N) is 1. The smallest absolute Gasteiger partial charge is 0.337 e. The molecule has 1 aliphatic rings. The van der Waals surface area contributed by atoms with Gasteiger partial charge in [-0.05, 0) is 31.9 Å². The monoisotopic (exact) mass is 320 g/mol. The average molecular weight is 320 g/mol. The molecule has 2 rings (SSSR count). The summed E-state index contributed by atoms with van der Waals surface area (Å²) in [5, 5.41) is 11.7. The van der Waals surface area contributed by atoms with Gasteiger partial charge in [0.25, 0.3) is 5.91 Å². The summed E-state index contributed by atoms with van der Waals surface area (Å²) in [5.74, 6) is -1.35. The Labute approximate surface area is 136 Å². The van der Waals surface area contributed by atoms with Crippen LogP contribution in [0.2, 0.25) is 0 Å². The number of carboxylic acids is 1. The van der Waals surface area contributed by atoms with E-state index in [1.807, 2.05) is 0 Å². The second kappa shape index (κ2) is 8.62. The van der Waals surface area contributed by atoms with Gasteiger partial charge in [0.1, 0.15) is 5.69 Å². The van der Waals surface area contributed by atoms with Crippen LogP contribution < -0.4 is 5.32 Å². The van der Waals surface area contributed by atoms with E-state index in [-0.39, 0.29) is 17.2 Å². The van der Waals surface area contributed by atoms with Crippen LogP contribution in [-0.2, 0) is 4.74 Å². The van der Waals surface area contributed by atoms with E-state index in [2.05, 4.69) is 10.3 Å². The number of aryl methyl sites for hydroxylation is 1. The van der Waals surface area contributed by atoms with Crippen molar-refractivity contribution in [3.05, 3.63) is 29.1 Å². The Morgan fingerprint density at radius 2 is 1.96 bits per heavy atom. The van der Waals surface area contributed by atoms with E-state index >= 15 is 0 Å². The third kappa shape index (κ3) is 5.32. The van der Waals surface area contributed by atoms with Crippen LogP contribution >= 0.6 is 0 Å². The Balaban J connectivity index is 1.76. The molecule has 0 aliphatic heterocycles. The maximum Gasteiger partial charge on any atom is 0.337 e. The zero-order chi connectivity index (χ0) is 16.7. The van der Waals surface area contributed by atoms with E-state index in [4.69, 9.17) is 9.84 Å². The summed E-state index contributed by atoms with van der Waals surface area (Å²) in [6, 6.07) is 2.83. The Bertz CT molecular complexity index is 552. The van der Waals surface area contributed by atoms with Crippen molar-refractivity contribution in [2.75, 3.05) is 13.2 Å². The number of amides is 1. The van der Waals surface area contributed by atoms with Crippen LogP contribution in [0.4, 0.5) is 0 Å². The third-order valence-corrected chi connectivity index (χ3v) is 4.09. The van der Waals surface area contributed by atoms with E-state index in [0.717, 1.165) is 12.8 Å². The molecule has 6 nitrogen and oxygen atoms in total. The molecular formula is C17H24N2O4. The molecule has 1 amide bonds. The van der Waals surface area contributed by atoms with E-state index < -0.39 is 5.97 Å². The molecule has 1 saturated carbocycles. The van der Waals surface area contributed by atoms with Gasteiger partial charge in [-0.1, -0.05) is 25.7 Å². The Morgan fingerprint density at radius 1 is 1.26 bits per heavy atom. The van der Waals surface area contributed by atoms with E-state index in [9.17, 15) is 9.59 Å². The topological polar surface area (TPSA) is 88.5 Å². The number of rotatable bonds is 6. The fraction of sp³-hybridized carbons (Fsp3) is 0.588. The number of carbonyl (C=O) groups excluding carboxylic acids is 1. The van der Waals surface area contributed by atoms with Gasteiger partial charge in [-0.2, -0.15) is 0 Å². The van der Waals surface area contributed by atoms with Crippen LogP contribution in [0.25, 0.3) is 0 Å². The van der Waals surface area contributed by atoms with Crippen molar-refractivity contribution < 1.29 is 19.4 Å². The number of nitrogens with zero attached hydrogens (tertiary/aromatic N) is 1. The third-order valence-electron chi connectivity index (χ3n) is 4.09. The van der Waals surface area contributed by atoms with Crippen molar-refractivity contribution >= 4 is 11.9 Å². The zero-order valence-corrected chi connectivity index (χ0v) is 13.5. The van der Waals surface area contributed by atoms with Crippen LogP contribution in [-0.4, -0.2) is 41.2 Å². The quantitative estimate of drug-likeness (QED) is 0.621. The fourth-order valence-electron chi connectivity index (χ4n) is 2.80. The molecular weight excluding hydrogens is 296 g/mol. The minimum absolute atomic E-state index is 0.109. The lowest BCUT2D eigenvalue weighted by molar-refractivity contribution is 0.0441. The number of hydrogen-bond acceptors (Lipinski definition) is 4. The van der Waals surface area contributed by atoms with Crippen molar-refractivity contribution in [2.45, 2.75) is 51.6 Å². The highest BCUT2D eigenvalue weighted by Gasteiger charge is 2.14. The highest BCUT2D eigenvalue weighted by atomic mass is 16.5. The van der Waals surface area contributed by atoms with Crippen molar-refractivity contribution in [3.8, 4) is 0 Å². The second-order valence-corrected chi connectivity index (χ2v) is 5.87. The first-order valence-electron chi connectivity index (χ1n) is 8.18. The molecule has 0 bridgehead atoms. The standard InChI is InChI=1S/C17H24N2O4/c1-12-14(17(21)22)8-9-15(19-12)16(20)18-10-11-23-13-6-4-2-3-5-7-13/h8-9,13H,2-7,10-11H2,1H3,(H,18,20)(H,21,22). The van der Waals surface area contributed by atoms with Crippen LogP contribution in [0.15, 0.2) is 12.1 Å². The van der Waals surface area contributed by atoms with Gasteiger partial charge in [0.05, 0.1) is 24.0 Å². The lowest BCUT2D eigenvalue weighted by Crippen LogP contribution is -2.29. The van der Waals surface area contributed by atoms with Gasteiger partial charge >= 0.3 is 5.97 Å². The minimum atomic E-state index is -1.04. The molecule has 2 N–H and O–H groups in total. The van der Waals surface area contributed by atoms with Gasteiger partial charge in [0.15, 0.2) is 0 Å². The van der Waals surface area contributed by atoms with E-state index in [1.54, 1.807) is 6.92 Å². The summed E-state index contributed by atoms with van der Waals surface area (Å²) >= 11 is 0. The van der Waals surface area contributed by atoms with Crippen LogP contribution in [0.5, 0.6) is 0 Å². The van der Waals surface area contributed by atoms with Crippen molar-refractivity contribution in [3.63, 3.8) is 0 Å². The first-order valence-corrected chi connectivity index (χ1v) is 8.18. The fourth-order valence-corrected chi connectivity index (χ4v) is 2.80. The SMILES string of the molecule is Cc1nc(C(=O)NCCOC2CCCCCC2)ccc1C(=O)O. The molecule has 1 heterocycles. The number of aromatic nitrogens is 1. The molecule has 0 spiro atoms. The predicted molar refractivity (Wildman–Crippen MR) is 85.7 cm³/mol. The first kappa shape index (κ1) is 17.4. The summed E-state index contributed by atoms with van der Waals surface area (Å²) in [4.78, 5) is 27.0. The van der Waals surface area contributed by atoms with Crippen molar-refractivity contribution in [2.24, 2.45) is 0 Å².